The Kier molecular flexibility index (Phi) is 6.46. The van der Waals surface area contributed by atoms with Crippen molar-refractivity contribution < 1.29 is 9.90 Å². The molecule has 18 heavy (non-hydrogen) atoms. The van der Waals surface area contributed by atoms with Crippen LogP contribution in [0.1, 0.15) is 36.0 Å². The molecule has 0 fully saturated rings. The van der Waals surface area contributed by atoms with E-state index in [9.17, 15) is 4.79 Å². The van der Waals surface area contributed by atoms with E-state index in [1.165, 1.54) is 12.3 Å². The van der Waals surface area contributed by atoms with Gasteiger partial charge in [-0.3, -0.25) is 4.79 Å². The number of rotatable bonds is 7. The zero-order valence-corrected chi connectivity index (χ0v) is 10.9. The lowest BCUT2D eigenvalue weighted by molar-refractivity contribution is 0.0953. The van der Waals surface area contributed by atoms with E-state index in [2.05, 4.69) is 10.3 Å². The minimum atomic E-state index is -0.237. The van der Waals surface area contributed by atoms with Crippen LogP contribution in [0, 0.1) is 0 Å². The van der Waals surface area contributed by atoms with Crippen molar-refractivity contribution in [3.05, 3.63) is 23.0 Å². The summed E-state index contributed by atoms with van der Waals surface area (Å²) in [5.74, 6) is -0.237. The molecule has 5 nitrogen and oxygen atoms in total. The monoisotopic (exact) mass is 271 g/mol. The number of pyridine rings is 1. The molecule has 1 rings (SSSR count). The number of aliphatic hydroxyl groups excluding tert-OH is 1. The largest absolute Gasteiger partial charge is 0.397 e. The molecule has 0 unspecified atom stereocenters. The van der Waals surface area contributed by atoms with Gasteiger partial charge in [0.2, 0.25) is 0 Å². The topological polar surface area (TPSA) is 88.2 Å². The summed E-state index contributed by atoms with van der Waals surface area (Å²) in [5, 5.41) is 11.6. The van der Waals surface area contributed by atoms with Crippen molar-refractivity contribution >= 4 is 23.2 Å². The highest BCUT2D eigenvalue weighted by molar-refractivity contribution is 6.29. The number of amides is 1. The van der Waals surface area contributed by atoms with E-state index in [0.29, 0.717) is 17.8 Å². The maximum atomic E-state index is 11.8. The normalized spacial score (nSPS) is 10.3. The summed E-state index contributed by atoms with van der Waals surface area (Å²) >= 11 is 5.71. The summed E-state index contributed by atoms with van der Waals surface area (Å²) < 4.78 is 0. The van der Waals surface area contributed by atoms with Gasteiger partial charge in [0, 0.05) is 13.2 Å². The van der Waals surface area contributed by atoms with Crippen LogP contribution in [0.25, 0.3) is 0 Å². The molecule has 0 aliphatic rings. The highest BCUT2D eigenvalue weighted by Crippen LogP contribution is 2.14. The molecule has 0 aromatic carbocycles. The molecule has 0 saturated heterocycles. The standard InChI is InChI=1S/C12H18ClN3O2/c13-11-7-9(10(14)8-16-11)12(18)15-5-3-1-2-4-6-17/h7-8,17H,1-6,14H2,(H,15,18). The van der Waals surface area contributed by atoms with Crippen LogP contribution >= 0.6 is 11.6 Å². The molecule has 0 bridgehead atoms. The minimum absolute atomic E-state index is 0.221. The van der Waals surface area contributed by atoms with Gasteiger partial charge in [-0.2, -0.15) is 0 Å². The second-order valence-electron chi connectivity index (χ2n) is 3.99. The molecule has 0 atom stereocenters. The Balaban J connectivity index is 2.34. The predicted octanol–water partition coefficient (Wildman–Crippen LogP) is 1.60. The molecule has 1 aromatic rings. The number of nitrogens with zero attached hydrogens (tertiary/aromatic N) is 1. The van der Waals surface area contributed by atoms with Crippen molar-refractivity contribution in [3.63, 3.8) is 0 Å². The van der Waals surface area contributed by atoms with E-state index in [0.717, 1.165) is 25.7 Å². The molecule has 0 aliphatic heterocycles. The first-order chi connectivity index (χ1) is 8.65. The average molecular weight is 272 g/mol. The minimum Gasteiger partial charge on any atom is -0.397 e. The highest BCUT2D eigenvalue weighted by Gasteiger charge is 2.10. The lowest BCUT2D eigenvalue weighted by Crippen LogP contribution is -2.25. The zero-order valence-electron chi connectivity index (χ0n) is 10.2. The first kappa shape index (κ1) is 14.7. The van der Waals surface area contributed by atoms with Crippen molar-refractivity contribution in [2.45, 2.75) is 25.7 Å². The van der Waals surface area contributed by atoms with Crippen molar-refractivity contribution in [1.82, 2.24) is 10.3 Å². The van der Waals surface area contributed by atoms with Gasteiger partial charge in [-0.25, -0.2) is 4.98 Å². The molecule has 100 valence electrons. The number of unbranched alkanes of at least 4 members (excludes halogenated alkanes) is 3. The van der Waals surface area contributed by atoms with Crippen LogP contribution in [-0.4, -0.2) is 29.1 Å². The van der Waals surface area contributed by atoms with Crippen molar-refractivity contribution in [1.29, 1.82) is 0 Å². The SMILES string of the molecule is Nc1cnc(Cl)cc1C(=O)NCCCCCCO. The van der Waals surface area contributed by atoms with Gasteiger partial charge in [0.05, 0.1) is 17.4 Å². The number of aliphatic hydroxyl groups is 1. The third-order valence-corrected chi connectivity index (χ3v) is 2.72. The Hall–Kier alpha value is -1.33. The number of hydrogen-bond donors (Lipinski definition) is 3. The Bertz CT molecular complexity index is 399. The summed E-state index contributed by atoms with van der Waals surface area (Å²) in [6.45, 7) is 0.808. The van der Waals surface area contributed by atoms with Crippen LogP contribution < -0.4 is 11.1 Å². The second kappa shape index (κ2) is 7.89. The molecule has 1 aromatic heterocycles. The summed E-state index contributed by atoms with van der Waals surface area (Å²) in [5.41, 5.74) is 6.32. The summed E-state index contributed by atoms with van der Waals surface area (Å²) in [4.78, 5) is 15.6. The van der Waals surface area contributed by atoms with Crippen molar-refractivity contribution in [2.24, 2.45) is 0 Å². The average Bonchev–Trinajstić information content (AvgIpc) is 2.36. The van der Waals surface area contributed by atoms with Gasteiger partial charge < -0.3 is 16.2 Å². The Morgan fingerprint density at radius 3 is 2.83 bits per heavy atom. The molecule has 6 heteroatoms. The summed E-state index contributed by atoms with van der Waals surface area (Å²) in [7, 11) is 0. The van der Waals surface area contributed by atoms with Crippen LogP contribution in [0.5, 0.6) is 0 Å². The van der Waals surface area contributed by atoms with Gasteiger partial charge in [0.1, 0.15) is 5.15 Å². The first-order valence-corrected chi connectivity index (χ1v) is 6.33. The third-order valence-electron chi connectivity index (χ3n) is 2.52. The molecular weight excluding hydrogens is 254 g/mol. The number of aromatic nitrogens is 1. The van der Waals surface area contributed by atoms with E-state index >= 15 is 0 Å². The number of nitrogens with one attached hydrogen (secondary N) is 1. The van der Waals surface area contributed by atoms with Gasteiger partial charge in [-0.1, -0.05) is 24.4 Å². The number of nitrogen functional groups attached to an aromatic ring is 1. The fraction of sp³-hybridized carbons (Fsp3) is 0.500. The Morgan fingerprint density at radius 1 is 1.39 bits per heavy atom. The quantitative estimate of drug-likeness (QED) is 0.519. The molecule has 0 radical (unpaired) electrons. The van der Waals surface area contributed by atoms with Crippen LogP contribution in [0.4, 0.5) is 5.69 Å². The van der Waals surface area contributed by atoms with E-state index < -0.39 is 0 Å². The summed E-state index contributed by atoms with van der Waals surface area (Å²) in [6.07, 6.45) is 5.01. The van der Waals surface area contributed by atoms with Crippen LogP contribution in [0.2, 0.25) is 5.15 Å². The smallest absolute Gasteiger partial charge is 0.253 e. The third kappa shape index (κ3) is 4.89. The molecular formula is C12H18ClN3O2. The molecule has 0 aliphatic carbocycles. The lowest BCUT2D eigenvalue weighted by atomic mass is 10.2. The van der Waals surface area contributed by atoms with Gasteiger partial charge in [-0.15, -0.1) is 0 Å². The van der Waals surface area contributed by atoms with E-state index in [1.54, 1.807) is 0 Å². The van der Waals surface area contributed by atoms with E-state index in [1.807, 2.05) is 0 Å². The highest BCUT2D eigenvalue weighted by atomic mass is 35.5. The molecule has 1 amide bonds. The van der Waals surface area contributed by atoms with Crippen molar-refractivity contribution in [2.75, 3.05) is 18.9 Å². The maximum Gasteiger partial charge on any atom is 0.253 e. The van der Waals surface area contributed by atoms with Gasteiger partial charge >= 0.3 is 0 Å². The van der Waals surface area contributed by atoms with E-state index in [-0.39, 0.29) is 17.7 Å². The van der Waals surface area contributed by atoms with Crippen LogP contribution in [0.15, 0.2) is 12.3 Å². The Labute approximate surface area is 111 Å². The zero-order chi connectivity index (χ0) is 13.4. The second-order valence-corrected chi connectivity index (χ2v) is 4.38. The van der Waals surface area contributed by atoms with Crippen LogP contribution in [-0.2, 0) is 0 Å². The van der Waals surface area contributed by atoms with Crippen LogP contribution in [0.3, 0.4) is 0 Å². The van der Waals surface area contributed by atoms with Gasteiger partial charge in [0.25, 0.3) is 5.91 Å². The number of hydrogen-bond acceptors (Lipinski definition) is 4. The number of nitrogens with two attached hydrogens (primary N) is 1. The van der Waals surface area contributed by atoms with Gasteiger partial charge in [-0.05, 0) is 18.9 Å². The van der Waals surface area contributed by atoms with Crippen molar-refractivity contribution in [3.8, 4) is 0 Å². The Morgan fingerprint density at radius 2 is 2.11 bits per heavy atom. The first-order valence-electron chi connectivity index (χ1n) is 5.95. The van der Waals surface area contributed by atoms with Gasteiger partial charge in [0.15, 0.2) is 0 Å². The number of halogens is 1. The fourth-order valence-corrected chi connectivity index (χ4v) is 1.68. The summed E-state index contributed by atoms with van der Waals surface area (Å²) in [6, 6.07) is 1.46. The fourth-order valence-electron chi connectivity index (χ4n) is 1.52. The predicted molar refractivity (Wildman–Crippen MR) is 71.5 cm³/mol. The lowest BCUT2D eigenvalue weighted by Gasteiger charge is -2.07. The van der Waals surface area contributed by atoms with E-state index in [4.69, 9.17) is 22.4 Å². The molecule has 4 N–H and O–H groups in total. The number of carbonyl (C=O) groups excluding carboxylic acids is 1. The number of anilines is 1. The molecule has 0 saturated carbocycles. The maximum absolute atomic E-state index is 11.8. The molecule has 1 heterocycles. The number of carbonyl (C=O) groups is 1. The molecule has 0 spiro atoms.